The van der Waals surface area contributed by atoms with Crippen molar-refractivity contribution in [3.63, 3.8) is 0 Å². The van der Waals surface area contributed by atoms with Gasteiger partial charge < -0.3 is 14.4 Å². The van der Waals surface area contributed by atoms with Crippen LogP contribution in [-0.4, -0.2) is 56.4 Å². The molecular weight excluding hydrogens is 440 g/mol. The second-order valence-electron chi connectivity index (χ2n) is 7.03. The van der Waals surface area contributed by atoms with Gasteiger partial charge in [-0.1, -0.05) is 31.5 Å². The number of nitrogens with zero attached hydrogens (tertiary/aromatic N) is 2. The van der Waals surface area contributed by atoms with E-state index in [0.717, 1.165) is 5.56 Å². The third-order valence-corrected chi connectivity index (χ3v) is 7.68. The Hall–Kier alpha value is -2.29. The fourth-order valence-electron chi connectivity index (χ4n) is 3.45. The highest BCUT2D eigenvalue weighted by molar-refractivity contribution is 7.89. The lowest BCUT2D eigenvalue weighted by molar-refractivity contribution is 0.0752. The normalized spacial score (nSPS) is 13.3. The molecule has 2 aromatic carbocycles. The van der Waals surface area contributed by atoms with Gasteiger partial charge in [-0.3, -0.25) is 4.79 Å². The van der Waals surface area contributed by atoms with Gasteiger partial charge in [-0.25, -0.2) is 8.42 Å². The van der Waals surface area contributed by atoms with E-state index < -0.39 is 10.0 Å². The number of ether oxygens (including phenoxy) is 2. The van der Waals surface area contributed by atoms with Crippen LogP contribution >= 0.6 is 11.6 Å². The number of amides is 1. The first kappa shape index (κ1) is 23.4. The fourth-order valence-corrected chi connectivity index (χ4v) is 5.41. The summed E-state index contributed by atoms with van der Waals surface area (Å²) in [5.74, 6) is 1.07. The van der Waals surface area contributed by atoms with Crippen molar-refractivity contribution in [2.45, 2.75) is 32.2 Å². The third kappa shape index (κ3) is 4.97. The molecule has 0 fully saturated rings. The minimum atomic E-state index is -3.79. The second kappa shape index (κ2) is 9.89. The molecular formula is C22H27ClN2O5S. The average molecular weight is 467 g/mol. The lowest BCUT2D eigenvalue weighted by Crippen LogP contribution is -2.32. The van der Waals surface area contributed by atoms with Gasteiger partial charge in [0.25, 0.3) is 5.91 Å². The summed E-state index contributed by atoms with van der Waals surface area (Å²) in [5, 5.41) is 0.0957. The Kier molecular flexibility index (Phi) is 7.46. The van der Waals surface area contributed by atoms with Gasteiger partial charge in [0.2, 0.25) is 10.0 Å². The molecule has 168 valence electrons. The van der Waals surface area contributed by atoms with Gasteiger partial charge in [-0.15, -0.1) is 0 Å². The van der Waals surface area contributed by atoms with Crippen LogP contribution in [0.4, 0.5) is 0 Å². The van der Waals surface area contributed by atoms with Crippen molar-refractivity contribution >= 4 is 27.5 Å². The van der Waals surface area contributed by atoms with Crippen LogP contribution in [0.2, 0.25) is 5.02 Å². The molecule has 0 bridgehead atoms. The maximum atomic E-state index is 13.2. The number of fused-ring (bicyclic) bond motifs is 1. The van der Waals surface area contributed by atoms with E-state index in [1.54, 1.807) is 24.8 Å². The lowest BCUT2D eigenvalue weighted by Gasteiger charge is -2.24. The van der Waals surface area contributed by atoms with E-state index in [2.05, 4.69) is 0 Å². The summed E-state index contributed by atoms with van der Waals surface area (Å²) >= 11 is 6.20. The molecule has 0 saturated carbocycles. The van der Waals surface area contributed by atoms with Crippen LogP contribution in [-0.2, 0) is 16.6 Å². The summed E-state index contributed by atoms with van der Waals surface area (Å²) in [6.45, 7) is 7.84. The largest absolute Gasteiger partial charge is 0.486 e. The third-order valence-electron chi connectivity index (χ3n) is 5.15. The standard InChI is InChI=1S/C22H27ClN2O5S/c1-4-24(15-16-7-10-19-20(13-16)30-12-11-29-19)22(26)17-8-9-18(23)21(14-17)31(27,28)25(5-2)6-3/h7-10,13-14H,4-6,11-12,15H2,1-3H3. The van der Waals surface area contributed by atoms with E-state index in [-0.39, 0.29) is 21.4 Å². The summed E-state index contributed by atoms with van der Waals surface area (Å²) in [5.41, 5.74) is 1.17. The molecule has 3 rings (SSSR count). The smallest absolute Gasteiger partial charge is 0.254 e. The molecule has 9 heteroatoms. The summed E-state index contributed by atoms with van der Waals surface area (Å²) in [7, 11) is -3.79. The molecule has 2 aromatic rings. The molecule has 1 aliphatic heterocycles. The Balaban J connectivity index is 1.87. The van der Waals surface area contributed by atoms with Gasteiger partial charge in [-0.05, 0) is 42.8 Å². The Bertz CT molecular complexity index is 1050. The van der Waals surface area contributed by atoms with Crippen molar-refractivity contribution in [1.82, 2.24) is 9.21 Å². The summed E-state index contributed by atoms with van der Waals surface area (Å²) in [6, 6.07) is 9.97. The van der Waals surface area contributed by atoms with Crippen molar-refractivity contribution < 1.29 is 22.7 Å². The molecule has 1 heterocycles. The molecule has 0 spiro atoms. The van der Waals surface area contributed by atoms with Crippen molar-refractivity contribution in [3.05, 3.63) is 52.5 Å². The highest BCUT2D eigenvalue weighted by Crippen LogP contribution is 2.31. The van der Waals surface area contributed by atoms with E-state index in [0.29, 0.717) is 50.9 Å². The first-order valence-corrected chi connectivity index (χ1v) is 12.1. The number of rotatable bonds is 8. The SMILES string of the molecule is CCN(Cc1ccc2c(c1)OCCO2)C(=O)c1ccc(Cl)c(S(=O)(=O)N(CC)CC)c1. The number of hydrogen-bond acceptors (Lipinski definition) is 5. The van der Waals surface area contributed by atoms with Gasteiger partial charge in [0.15, 0.2) is 11.5 Å². The highest BCUT2D eigenvalue weighted by atomic mass is 35.5. The van der Waals surface area contributed by atoms with E-state index in [4.69, 9.17) is 21.1 Å². The molecule has 0 atom stereocenters. The zero-order chi connectivity index (χ0) is 22.6. The molecule has 0 N–H and O–H groups in total. The van der Waals surface area contributed by atoms with Crippen LogP contribution in [0.25, 0.3) is 0 Å². The van der Waals surface area contributed by atoms with E-state index >= 15 is 0 Å². The van der Waals surface area contributed by atoms with E-state index in [1.807, 2.05) is 25.1 Å². The van der Waals surface area contributed by atoms with Gasteiger partial charge in [-0.2, -0.15) is 4.31 Å². The van der Waals surface area contributed by atoms with Crippen LogP contribution in [0.1, 0.15) is 36.7 Å². The van der Waals surface area contributed by atoms with Gasteiger partial charge >= 0.3 is 0 Å². The van der Waals surface area contributed by atoms with Gasteiger partial charge in [0, 0.05) is 31.7 Å². The number of halogens is 1. The lowest BCUT2D eigenvalue weighted by atomic mass is 10.1. The molecule has 0 radical (unpaired) electrons. The topological polar surface area (TPSA) is 76.1 Å². The predicted molar refractivity (Wildman–Crippen MR) is 119 cm³/mol. The van der Waals surface area contributed by atoms with E-state index in [9.17, 15) is 13.2 Å². The average Bonchev–Trinajstić information content (AvgIpc) is 2.77. The van der Waals surface area contributed by atoms with Crippen molar-refractivity contribution in [2.75, 3.05) is 32.8 Å². The van der Waals surface area contributed by atoms with Crippen LogP contribution in [0.15, 0.2) is 41.3 Å². The summed E-state index contributed by atoms with van der Waals surface area (Å²) < 4.78 is 38.4. The molecule has 31 heavy (non-hydrogen) atoms. The van der Waals surface area contributed by atoms with Crippen LogP contribution in [0, 0.1) is 0 Å². The molecule has 0 aliphatic carbocycles. The van der Waals surface area contributed by atoms with Crippen molar-refractivity contribution in [1.29, 1.82) is 0 Å². The molecule has 0 unspecified atom stereocenters. The molecule has 1 aliphatic rings. The zero-order valence-electron chi connectivity index (χ0n) is 17.9. The summed E-state index contributed by atoms with van der Waals surface area (Å²) in [4.78, 5) is 14.8. The fraction of sp³-hybridized carbons (Fsp3) is 0.409. The second-order valence-corrected chi connectivity index (χ2v) is 9.35. The highest BCUT2D eigenvalue weighted by Gasteiger charge is 2.26. The molecule has 1 amide bonds. The Morgan fingerprint density at radius 3 is 2.29 bits per heavy atom. The quantitative estimate of drug-likeness (QED) is 0.591. The summed E-state index contributed by atoms with van der Waals surface area (Å²) in [6.07, 6.45) is 0. The first-order valence-electron chi connectivity index (χ1n) is 10.3. The minimum absolute atomic E-state index is 0.0564. The first-order chi connectivity index (χ1) is 14.8. The number of carbonyl (C=O) groups is 1. The van der Waals surface area contributed by atoms with Crippen molar-refractivity contribution in [3.8, 4) is 11.5 Å². The number of benzene rings is 2. The van der Waals surface area contributed by atoms with Crippen LogP contribution in [0.5, 0.6) is 11.5 Å². The van der Waals surface area contributed by atoms with Gasteiger partial charge in [0.05, 0.1) is 5.02 Å². The Labute approximate surface area is 188 Å². The van der Waals surface area contributed by atoms with Crippen molar-refractivity contribution in [2.24, 2.45) is 0 Å². The number of carbonyl (C=O) groups excluding carboxylic acids is 1. The molecule has 0 aromatic heterocycles. The van der Waals surface area contributed by atoms with E-state index in [1.165, 1.54) is 16.4 Å². The number of sulfonamides is 1. The molecule has 0 saturated heterocycles. The van der Waals surface area contributed by atoms with Gasteiger partial charge in [0.1, 0.15) is 18.1 Å². The Morgan fingerprint density at radius 2 is 1.65 bits per heavy atom. The maximum Gasteiger partial charge on any atom is 0.254 e. The Morgan fingerprint density at radius 1 is 0.968 bits per heavy atom. The maximum absolute atomic E-state index is 13.2. The zero-order valence-corrected chi connectivity index (χ0v) is 19.5. The van der Waals surface area contributed by atoms with Crippen LogP contribution < -0.4 is 9.47 Å². The number of hydrogen-bond donors (Lipinski definition) is 0. The minimum Gasteiger partial charge on any atom is -0.486 e. The van der Waals surface area contributed by atoms with Crippen LogP contribution in [0.3, 0.4) is 0 Å². The monoisotopic (exact) mass is 466 g/mol. The molecule has 7 nitrogen and oxygen atoms in total. The predicted octanol–water partition coefficient (Wildman–Crippen LogP) is 3.80.